The van der Waals surface area contributed by atoms with Gasteiger partial charge in [0, 0.05) is 36.3 Å². The maximum Gasteiger partial charge on any atom is 0.251 e. The molecule has 0 aliphatic carbocycles. The van der Waals surface area contributed by atoms with Crippen molar-refractivity contribution in [3.8, 4) is 5.75 Å². The van der Waals surface area contributed by atoms with Gasteiger partial charge in [0.15, 0.2) is 0 Å². The highest BCUT2D eigenvalue weighted by molar-refractivity contribution is 6.03. The second-order valence-corrected chi connectivity index (χ2v) is 5.98. The standard InChI is InChI=1S/C20H22N2O2/c1-14-4-3-5-16(12-14)20(23)22-11-9-19-18-13-17(24-2)7-6-15(18)8-10-21-19/h3-7,12-13H,8-11H2,1-2H3,(H,22,23). The first-order chi connectivity index (χ1) is 11.7. The lowest BCUT2D eigenvalue weighted by molar-refractivity contribution is 0.0954. The summed E-state index contributed by atoms with van der Waals surface area (Å²) in [5.74, 6) is 0.799. The lowest BCUT2D eigenvalue weighted by atomic mass is 9.95. The first-order valence-corrected chi connectivity index (χ1v) is 8.23. The summed E-state index contributed by atoms with van der Waals surface area (Å²) < 4.78 is 5.32. The van der Waals surface area contributed by atoms with E-state index in [0.29, 0.717) is 12.1 Å². The molecular weight excluding hydrogens is 300 g/mol. The molecule has 1 heterocycles. The predicted molar refractivity (Wildman–Crippen MR) is 96.2 cm³/mol. The van der Waals surface area contributed by atoms with Crippen molar-refractivity contribution in [1.29, 1.82) is 0 Å². The first-order valence-electron chi connectivity index (χ1n) is 8.23. The van der Waals surface area contributed by atoms with Crippen LogP contribution in [0.4, 0.5) is 0 Å². The highest BCUT2D eigenvalue weighted by atomic mass is 16.5. The Hall–Kier alpha value is -2.62. The number of rotatable bonds is 5. The molecule has 0 unspecified atom stereocenters. The number of nitrogens with zero attached hydrogens (tertiary/aromatic N) is 1. The minimum atomic E-state index is -0.0408. The van der Waals surface area contributed by atoms with Gasteiger partial charge in [0.1, 0.15) is 5.75 Å². The summed E-state index contributed by atoms with van der Waals surface area (Å²) in [5, 5.41) is 2.98. The summed E-state index contributed by atoms with van der Waals surface area (Å²) in [7, 11) is 1.67. The number of carbonyl (C=O) groups is 1. The zero-order chi connectivity index (χ0) is 16.9. The normalized spacial score (nSPS) is 13.0. The molecule has 0 saturated heterocycles. The van der Waals surface area contributed by atoms with Gasteiger partial charge in [0.2, 0.25) is 0 Å². The molecule has 1 aliphatic rings. The van der Waals surface area contributed by atoms with E-state index in [-0.39, 0.29) is 5.91 Å². The number of nitrogens with one attached hydrogen (secondary N) is 1. The Labute approximate surface area is 142 Å². The Balaban J connectivity index is 1.63. The van der Waals surface area contributed by atoms with Crippen molar-refractivity contribution in [2.45, 2.75) is 19.8 Å². The van der Waals surface area contributed by atoms with Crippen LogP contribution < -0.4 is 10.1 Å². The predicted octanol–water partition coefficient (Wildman–Crippen LogP) is 3.17. The van der Waals surface area contributed by atoms with E-state index >= 15 is 0 Å². The van der Waals surface area contributed by atoms with Gasteiger partial charge in [0.05, 0.1) is 7.11 Å². The number of amides is 1. The van der Waals surface area contributed by atoms with Gasteiger partial charge in [-0.25, -0.2) is 0 Å². The van der Waals surface area contributed by atoms with E-state index in [2.05, 4.69) is 16.4 Å². The second kappa shape index (κ2) is 7.30. The number of hydrogen-bond acceptors (Lipinski definition) is 3. The lowest BCUT2D eigenvalue weighted by Gasteiger charge is -2.18. The molecule has 4 nitrogen and oxygen atoms in total. The Kier molecular flexibility index (Phi) is 4.94. The highest BCUT2D eigenvalue weighted by Gasteiger charge is 2.15. The molecule has 0 spiro atoms. The van der Waals surface area contributed by atoms with E-state index in [1.165, 1.54) is 5.56 Å². The Bertz CT molecular complexity index is 781. The van der Waals surface area contributed by atoms with Gasteiger partial charge in [-0.15, -0.1) is 0 Å². The summed E-state index contributed by atoms with van der Waals surface area (Å²) in [4.78, 5) is 16.9. The van der Waals surface area contributed by atoms with E-state index < -0.39 is 0 Å². The van der Waals surface area contributed by atoms with E-state index in [9.17, 15) is 4.79 Å². The van der Waals surface area contributed by atoms with Crippen LogP contribution in [0.5, 0.6) is 5.75 Å². The number of methoxy groups -OCH3 is 1. The fourth-order valence-electron chi connectivity index (χ4n) is 2.96. The molecule has 0 radical (unpaired) electrons. The molecule has 2 aromatic rings. The fraction of sp³-hybridized carbons (Fsp3) is 0.300. The van der Waals surface area contributed by atoms with Crippen molar-refractivity contribution in [2.75, 3.05) is 20.2 Å². The fourth-order valence-corrected chi connectivity index (χ4v) is 2.96. The van der Waals surface area contributed by atoms with E-state index in [1.807, 2.05) is 43.3 Å². The minimum absolute atomic E-state index is 0.0408. The quantitative estimate of drug-likeness (QED) is 0.919. The molecule has 24 heavy (non-hydrogen) atoms. The van der Waals surface area contributed by atoms with E-state index in [0.717, 1.165) is 42.0 Å². The van der Waals surface area contributed by atoms with Crippen LogP contribution >= 0.6 is 0 Å². The molecule has 3 rings (SSSR count). The summed E-state index contributed by atoms with van der Waals surface area (Å²) in [5.41, 5.74) is 5.26. The molecule has 0 bridgehead atoms. The average Bonchev–Trinajstić information content (AvgIpc) is 2.61. The number of aryl methyl sites for hydroxylation is 1. The van der Waals surface area contributed by atoms with Gasteiger partial charge in [-0.1, -0.05) is 23.8 Å². The molecule has 0 atom stereocenters. The van der Waals surface area contributed by atoms with Gasteiger partial charge in [0.25, 0.3) is 5.91 Å². The van der Waals surface area contributed by atoms with Crippen molar-refractivity contribution in [3.63, 3.8) is 0 Å². The van der Waals surface area contributed by atoms with E-state index in [4.69, 9.17) is 4.74 Å². The van der Waals surface area contributed by atoms with Crippen molar-refractivity contribution in [2.24, 2.45) is 4.99 Å². The third kappa shape index (κ3) is 3.65. The summed E-state index contributed by atoms with van der Waals surface area (Å²) in [6.45, 7) is 3.36. The maximum absolute atomic E-state index is 12.2. The molecule has 2 aromatic carbocycles. The molecule has 1 amide bonds. The molecule has 4 heteroatoms. The molecular formula is C20H22N2O2. The summed E-state index contributed by atoms with van der Waals surface area (Å²) >= 11 is 0. The number of aliphatic imine (C=N–C) groups is 1. The van der Waals surface area contributed by atoms with Crippen molar-refractivity contribution in [1.82, 2.24) is 5.32 Å². The minimum Gasteiger partial charge on any atom is -0.497 e. The molecule has 0 fully saturated rings. The maximum atomic E-state index is 12.2. The van der Waals surface area contributed by atoms with Crippen LogP contribution in [0.2, 0.25) is 0 Å². The van der Waals surface area contributed by atoms with Crippen LogP contribution in [-0.2, 0) is 6.42 Å². The SMILES string of the molecule is COc1ccc2c(c1)C(CCNC(=O)c1cccc(C)c1)=NCC2. The Morgan fingerprint density at radius 3 is 2.92 bits per heavy atom. The van der Waals surface area contributed by atoms with Crippen LogP contribution in [0.3, 0.4) is 0 Å². The number of benzene rings is 2. The average molecular weight is 322 g/mol. The first kappa shape index (κ1) is 16.2. The van der Waals surface area contributed by atoms with Gasteiger partial charge in [-0.2, -0.15) is 0 Å². The molecule has 0 saturated carbocycles. The molecule has 1 N–H and O–H groups in total. The van der Waals surface area contributed by atoms with Crippen LogP contribution in [0, 0.1) is 6.92 Å². The van der Waals surface area contributed by atoms with Gasteiger partial charge < -0.3 is 10.1 Å². The van der Waals surface area contributed by atoms with Crippen LogP contribution in [-0.4, -0.2) is 31.8 Å². The van der Waals surface area contributed by atoms with Crippen molar-refractivity contribution >= 4 is 11.6 Å². The monoisotopic (exact) mass is 322 g/mol. The third-order valence-electron chi connectivity index (χ3n) is 4.24. The lowest BCUT2D eigenvalue weighted by Crippen LogP contribution is -2.27. The van der Waals surface area contributed by atoms with Crippen LogP contribution in [0.25, 0.3) is 0 Å². The third-order valence-corrected chi connectivity index (χ3v) is 4.24. The topological polar surface area (TPSA) is 50.7 Å². The van der Waals surface area contributed by atoms with Crippen LogP contribution in [0.1, 0.15) is 33.5 Å². The molecule has 0 aromatic heterocycles. The molecule has 1 aliphatic heterocycles. The highest BCUT2D eigenvalue weighted by Crippen LogP contribution is 2.23. The van der Waals surface area contributed by atoms with Gasteiger partial charge >= 0.3 is 0 Å². The summed E-state index contributed by atoms with van der Waals surface area (Å²) in [6.07, 6.45) is 1.68. The van der Waals surface area contributed by atoms with Gasteiger partial charge in [-0.05, 0) is 43.2 Å². The smallest absolute Gasteiger partial charge is 0.251 e. The number of carbonyl (C=O) groups excluding carboxylic acids is 1. The number of hydrogen-bond donors (Lipinski definition) is 1. The Morgan fingerprint density at radius 1 is 1.25 bits per heavy atom. The van der Waals surface area contributed by atoms with Gasteiger partial charge in [-0.3, -0.25) is 9.79 Å². The van der Waals surface area contributed by atoms with Crippen LogP contribution in [0.15, 0.2) is 47.5 Å². The zero-order valence-corrected chi connectivity index (χ0v) is 14.1. The number of fused-ring (bicyclic) bond motifs is 1. The van der Waals surface area contributed by atoms with Crippen molar-refractivity contribution in [3.05, 3.63) is 64.7 Å². The molecule has 124 valence electrons. The zero-order valence-electron chi connectivity index (χ0n) is 14.1. The second-order valence-electron chi connectivity index (χ2n) is 5.98. The Morgan fingerprint density at radius 2 is 2.12 bits per heavy atom. The van der Waals surface area contributed by atoms with E-state index in [1.54, 1.807) is 7.11 Å². The van der Waals surface area contributed by atoms with Crippen molar-refractivity contribution < 1.29 is 9.53 Å². The largest absolute Gasteiger partial charge is 0.497 e. The number of ether oxygens (including phenoxy) is 1. The summed E-state index contributed by atoms with van der Waals surface area (Å²) in [6, 6.07) is 13.7.